The lowest BCUT2D eigenvalue weighted by Crippen LogP contribution is -2.36. The maximum atomic E-state index is 13.4. The quantitative estimate of drug-likeness (QED) is 0.677. The van der Waals surface area contributed by atoms with Crippen molar-refractivity contribution in [3.8, 4) is 0 Å². The average molecular weight is 271 g/mol. The van der Waals surface area contributed by atoms with Crippen molar-refractivity contribution in [3.05, 3.63) is 33.9 Å². The number of nitrogens with one attached hydrogen (secondary N) is 1. The van der Waals surface area contributed by atoms with Gasteiger partial charge >= 0.3 is 5.69 Å². The van der Waals surface area contributed by atoms with Gasteiger partial charge < -0.3 is 10.2 Å². The maximum absolute atomic E-state index is 13.4. The molecule has 19 heavy (non-hydrogen) atoms. The molecule has 0 aliphatic carbocycles. The van der Waals surface area contributed by atoms with Gasteiger partial charge in [-0.25, -0.2) is 4.39 Å². The van der Waals surface area contributed by atoms with Gasteiger partial charge in [0.2, 0.25) is 5.82 Å². The van der Waals surface area contributed by atoms with Crippen LogP contribution < -0.4 is 5.32 Å². The molecule has 0 spiro atoms. The van der Waals surface area contributed by atoms with Crippen LogP contribution in [0.5, 0.6) is 0 Å². The number of nitrogens with zero attached hydrogens (tertiary/aromatic N) is 2. The fourth-order valence-corrected chi connectivity index (χ4v) is 2.23. The summed E-state index contributed by atoms with van der Waals surface area (Å²) in [5.74, 6) is -1.97. The van der Waals surface area contributed by atoms with E-state index < -0.39 is 22.2 Å². The van der Waals surface area contributed by atoms with E-state index in [4.69, 9.17) is 0 Å². The number of hydrogen-bond donors (Lipinski definition) is 1. The molecule has 1 saturated heterocycles. The second kappa shape index (κ2) is 5.48. The highest BCUT2D eigenvalue weighted by molar-refractivity contribution is 5.62. The lowest BCUT2D eigenvalue weighted by atomic mass is 10.0. The third kappa shape index (κ3) is 3.17. The molecule has 1 aromatic carbocycles. The molecule has 0 aromatic heterocycles. The number of piperidine rings is 1. The predicted octanol–water partition coefficient (Wildman–Crippen LogP) is 2.38. The molecule has 0 unspecified atom stereocenters. The lowest BCUT2D eigenvalue weighted by Gasteiger charge is -2.30. The van der Waals surface area contributed by atoms with Crippen LogP contribution in [0, 0.1) is 21.7 Å². The van der Waals surface area contributed by atoms with E-state index in [-0.39, 0.29) is 11.7 Å². The third-order valence-electron chi connectivity index (χ3n) is 3.29. The van der Waals surface area contributed by atoms with Gasteiger partial charge in [0, 0.05) is 18.2 Å². The molecule has 0 atom stereocenters. The van der Waals surface area contributed by atoms with Crippen molar-refractivity contribution in [1.82, 2.24) is 4.90 Å². The first-order valence-electron chi connectivity index (χ1n) is 6.06. The van der Waals surface area contributed by atoms with E-state index in [0.29, 0.717) is 6.07 Å². The van der Waals surface area contributed by atoms with Gasteiger partial charge in [0.1, 0.15) is 11.5 Å². The molecule has 0 saturated carbocycles. The maximum Gasteiger partial charge on any atom is 0.327 e. The first kappa shape index (κ1) is 13.7. The highest BCUT2D eigenvalue weighted by atomic mass is 19.1. The van der Waals surface area contributed by atoms with Crippen LogP contribution in [0.2, 0.25) is 0 Å². The van der Waals surface area contributed by atoms with Gasteiger partial charge in [0.05, 0.1) is 4.92 Å². The number of halogens is 2. The molecule has 104 valence electrons. The first-order valence-corrected chi connectivity index (χ1v) is 6.06. The Morgan fingerprint density at radius 3 is 2.58 bits per heavy atom. The largest absolute Gasteiger partial charge is 0.376 e. The standard InChI is InChI=1S/C12H15F2N3O2/c1-16-4-2-9(3-5-16)15-11-7-8(13)6-10(14)12(11)17(18)19/h6-7,9,15H,2-5H2,1H3. The molecule has 2 rings (SSSR count). The summed E-state index contributed by atoms with van der Waals surface area (Å²) in [4.78, 5) is 12.2. The van der Waals surface area contributed by atoms with E-state index in [1.807, 2.05) is 7.05 Å². The minimum Gasteiger partial charge on any atom is -0.376 e. The Morgan fingerprint density at radius 1 is 1.37 bits per heavy atom. The van der Waals surface area contributed by atoms with Crippen molar-refractivity contribution in [2.75, 3.05) is 25.5 Å². The van der Waals surface area contributed by atoms with Crippen LogP contribution >= 0.6 is 0 Å². The molecule has 1 heterocycles. The Kier molecular flexibility index (Phi) is 3.94. The molecule has 1 aromatic rings. The normalized spacial score (nSPS) is 17.4. The average Bonchev–Trinajstić information content (AvgIpc) is 2.30. The third-order valence-corrected chi connectivity index (χ3v) is 3.29. The molecule has 0 amide bonds. The second-order valence-corrected chi connectivity index (χ2v) is 4.76. The Hall–Kier alpha value is -1.76. The predicted molar refractivity (Wildman–Crippen MR) is 67.2 cm³/mol. The summed E-state index contributed by atoms with van der Waals surface area (Å²) in [6.45, 7) is 1.70. The van der Waals surface area contributed by atoms with Crippen molar-refractivity contribution in [1.29, 1.82) is 0 Å². The van der Waals surface area contributed by atoms with Crippen LogP contribution in [0.15, 0.2) is 12.1 Å². The highest BCUT2D eigenvalue weighted by Crippen LogP contribution is 2.30. The van der Waals surface area contributed by atoms with Crippen molar-refractivity contribution >= 4 is 11.4 Å². The number of rotatable bonds is 3. The Morgan fingerprint density at radius 2 is 2.00 bits per heavy atom. The van der Waals surface area contributed by atoms with E-state index in [2.05, 4.69) is 10.2 Å². The molecule has 1 N–H and O–H groups in total. The summed E-state index contributed by atoms with van der Waals surface area (Å²) < 4.78 is 26.6. The molecular weight excluding hydrogens is 256 g/mol. The van der Waals surface area contributed by atoms with Crippen LogP contribution in [0.25, 0.3) is 0 Å². The second-order valence-electron chi connectivity index (χ2n) is 4.76. The molecule has 0 bridgehead atoms. The molecule has 1 aliphatic rings. The minimum atomic E-state index is -1.15. The monoisotopic (exact) mass is 271 g/mol. The van der Waals surface area contributed by atoms with E-state index in [1.54, 1.807) is 0 Å². The SMILES string of the molecule is CN1CCC(Nc2cc(F)cc(F)c2[N+](=O)[O-])CC1. The molecule has 1 fully saturated rings. The number of anilines is 1. The lowest BCUT2D eigenvalue weighted by molar-refractivity contribution is -0.386. The zero-order valence-corrected chi connectivity index (χ0v) is 10.5. The summed E-state index contributed by atoms with van der Waals surface area (Å²) in [5, 5.41) is 13.7. The summed E-state index contributed by atoms with van der Waals surface area (Å²) in [7, 11) is 1.99. The fourth-order valence-electron chi connectivity index (χ4n) is 2.23. The van der Waals surface area contributed by atoms with Gasteiger partial charge in [0.25, 0.3) is 0 Å². The van der Waals surface area contributed by atoms with Crippen molar-refractivity contribution in [2.45, 2.75) is 18.9 Å². The molecule has 7 heteroatoms. The van der Waals surface area contributed by atoms with Crippen LogP contribution in [0.4, 0.5) is 20.2 Å². The Bertz CT molecular complexity index is 488. The van der Waals surface area contributed by atoms with E-state index in [1.165, 1.54) is 0 Å². The van der Waals surface area contributed by atoms with Crippen LogP contribution in [-0.2, 0) is 0 Å². The highest BCUT2D eigenvalue weighted by Gasteiger charge is 2.25. The van der Waals surface area contributed by atoms with Crippen molar-refractivity contribution in [3.63, 3.8) is 0 Å². The Labute approximate surface area is 109 Å². The number of nitro groups is 1. The van der Waals surface area contributed by atoms with Gasteiger partial charge in [-0.1, -0.05) is 0 Å². The zero-order chi connectivity index (χ0) is 14.0. The van der Waals surface area contributed by atoms with Crippen molar-refractivity contribution in [2.24, 2.45) is 0 Å². The molecule has 0 radical (unpaired) electrons. The summed E-state index contributed by atoms with van der Waals surface area (Å²) >= 11 is 0. The van der Waals surface area contributed by atoms with E-state index in [9.17, 15) is 18.9 Å². The van der Waals surface area contributed by atoms with Crippen molar-refractivity contribution < 1.29 is 13.7 Å². The number of nitro benzene ring substituents is 1. The summed E-state index contributed by atoms with van der Waals surface area (Å²) in [6, 6.07) is 1.49. The molecule has 5 nitrogen and oxygen atoms in total. The first-order chi connectivity index (χ1) is 8.97. The number of likely N-dealkylation sites (tertiary alicyclic amines) is 1. The van der Waals surface area contributed by atoms with Gasteiger partial charge in [-0.3, -0.25) is 10.1 Å². The van der Waals surface area contributed by atoms with Gasteiger partial charge in [0.15, 0.2) is 0 Å². The zero-order valence-electron chi connectivity index (χ0n) is 10.5. The topological polar surface area (TPSA) is 58.4 Å². The number of benzene rings is 1. The van der Waals surface area contributed by atoms with Crippen LogP contribution in [0.1, 0.15) is 12.8 Å². The van der Waals surface area contributed by atoms with Gasteiger partial charge in [-0.15, -0.1) is 0 Å². The van der Waals surface area contributed by atoms with E-state index in [0.717, 1.165) is 32.0 Å². The smallest absolute Gasteiger partial charge is 0.327 e. The van der Waals surface area contributed by atoms with Crippen LogP contribution in [0.3, 0.4) is 0 Å². The summed E-state index contributed by atoms with van der Waals surface area (Å²) in [5.41, 5.74) is -0.780. The number of hydrogen-bond acceptors (Lipinski definition) is 4. The molecular formula is C12H15F2N3O2. The van der Waals surface area contributed by atoms with Crippen LogP contribution in [-0.4, -0.2) is 36.0 Å². The van der Waals surface area contributed by atoms with Gasteiger partial charge in [-0.05, 0) is 33.0 Å². The minimum absolute atomic E-state index is 0.00361. The Balaban J connectivity index is 2.21. The molecule has 1 aliphatic heterocycles. The summed E-state index contributed by atoms with van der Waals surface area (Å²) in [6.07, 6.45) is 1.57. The fraction of sp³-hybridized carbons (Fsp3) is 0.500. The van der Waals surface area contributed by atoms with E-state index >= 15 is 0 Å². The van der Waals surface area contributed by atoms with Gasteiger partial charge in [-0.2, -0.15) is 4.39 Å².